The summed E-state index contributed by atoms with van der Waals surface area (Å²) in [7, 11) is 0. The predicted molar refractivity (Wildman–Crippen MR) is 67.6 cm³/mol. The van der Waals surface area contributed by atoms with Crippen molar-refractivity contribution in [2.75, 3.05) is 5.75 Å². The van der Waals surface area contributed by atoms with E-state index in [2.05, 4.69) is 10.1 Å². The van der Waals surface area contributed by atoms with Crippen LogP contribution in [0.15, 0.2) is 29.9 Å². The first-order chi connectivity index (χ1) is 8.65. The fourth-order valence-electron chi connectivity index (χ4n) is 1.53. The lowest BCUT2D eigenvalue weighted by Gasteiger charge is -2.06. The SMILES string of the molecule is Cc1cnn(CCn2ccnc2SCC(=O)O)c1. The molecule has 0 saturated carbocycles. The van der Waals surface area contributed by atoms with Crippen molar-refractivity contribution in [3.05, 3.63) is 30.4 Å². The Balaban J connectivity index is 1.93. The normalized spacial score (nSPS) is 10.7. The van der Waals surface area contributed by atoms with Crippen LogP contribution in [0.2, 0.25) is 0 Å². The fourth-order valence-corrected chi connectivity index (χ4v) is 2.24. The first-order valence-electron chi connectivity index (χ1n) is 5.50. The largest absolute Gasteiger partial charge is 0.481 e. The Bertz CT molecular complexity index is 535. The lowest BCUT2D eigenvalue weighted by atomic mass is 10.4. The van der Waals surface area contributed by atoms with E-state index in [1.165, 1.54) is 11.8 Å². The van der Waals surface area contributed by atoms with Gasteiger partial charge in [0.05, 0.1) is 18.5 Å². The zero-order chi connectivity index (χ0) is 13.0. The van der Waals surface area contributed by atoms with E-state index < -0.39 is 5.97 Å². The van der Waals surface area contributed by atoms with Crippen molar-refractivity contribution >= 4 is 17.7 Å². The van der Waals surface area contributed by atoms with E-state index in [1.54, 1.807) is 6.20 Å². The van der Waals surface area contributed by atoms with Crippen molar-refractivity contribution in [2.24, 2.45) is 0 Å². The van der Waals surface area contributed by atoms with Gasteiger partial charge in [-0.2, -0.15) is 5.10 Å². The highest BCUT2D eigenvalue weighted by atomic mass is 32.2. The minimum absolute atomic E-state index is 0.0257. The molecule has 0 amide bonds. The summed E-state index contributed by atoms with van der Waals surface area (Å²) in [5.74, 6) is -0.810. The van der Waals surface area contributed by atoms with Crippen molar-refractivity contribution in [1.29, 1.82) is 0 Å². The molecule has 2 aromatic heterocycles. The van der Waals surface area contributed by atoms with Crippen molar-refractivity contribution in [1.82, 2.24) is 19.3 Å². The van der Waals surface area contributed by atoms with Crippen LogP contribution in [0.25, 0.3) is 0 Å². The summed E-state index contributed by atoms with van der Waals surface area (Å²) < 4.78 is 3.80. The number of rotatable bonds is 6. The van der Waals surface area contributed by atoms with Crippen LogP contribution < -0.4 is 0 Å². The number of thioether (sulfide) groups is 1. The van der Waals surface area contributed by atoms with Gasteiger partial charge in [-0.15, -0.1) is 0 Å². The van der Waals surface area contributed by atoms with Crippen LogP contribution in [0.1, 0.15) is 5.56 Å². The van der Waals surface area contributed by atoms with Gasteiger partial charge in [-0.25, -0.2) is 4.98 Å². The van der Waals surface area contributed by atoms with Gasteiger partial charge >= 0.3 is 5.97 Å². The summed E-state index contributed by atoms with van der Waals surface area (Å²) in [5, 5.41) is 13.6. The highest BCUT2D eigenvalue weighted by molar-refractivity contribution is 7.99. The Hall–Kier alpha value is -1.76. The van der Waals surface area contributed by atoms with Crippen LogP contribution in [0, 0.1) is 6.92 Å². The molecule has 0 aliphatic rings. The fraction of sp³-hybridized carbons (Fsp3) is 0.364. The molecule has 0 atom stereocenters. The van der Waals surface area contributed by atoms with Crippen LogP contribution in [0.5, 0.6) is 0 Å². The Morgan fingerprint density at radius 2 is 2.33 bits per heavy atom. The van der Waals surface area contributed by atoms with E-state index in [9.17, 15) is 4.79 Å². The summed E-state index contributed by atoms with van der Waals surface area (Å²) in [6, 6.07) is 0. The number of carboxylic acids is 1. The highest BCUT2D eigenvalue weighted by Gasteiger charge is 2.06. The maximum atomic E-state index is 10.5. The Morgan fingerprint density at radius 3 is 3.00 bits per heavy atom. The third-order valence-electron chi connectivity index (χ3n) is 2.33. The maximum absolute atomic E-state index is 10.5. The standard InChI is InChI=1S/C11H14N4O2S/c1-9-6-13-15(7-9)5-4-14-3-2-12-11(14)18-8-10(16)17/h2-3,6-7H,4-5,8H2,1H3,(H,16,17). The van der Waals surface area contributed by atoms with Crippen LogP contribution in [0.3, 0.4) is 0 Å². The number of carbonyl (C=O) groups is 1. The average molecular weight is 266 g/mol. The summed E-state index contributed by atoms with van der Waals surface area (Å²) in [5.41, 5.74) is 1.13. The molecular weight excluding hydrogens is 252 g/mol. The van der Waals surface area contributed by atoms with Gasteiger partial charge in [-0.1, -0.05) is 11.8 Å². The van der Waals surface area contributed by atoms with Crippen molar-refractivity contribution in [3.8, 4) is 0 Å². The minimum atomic E-state index is -0.836. The molecule has 96 valence electrons. The van der Waals surface area contributed by atoms with Crippen molar-refractivity contribution < 1.29 is 9.90 Å². The molecule has 18 heavy (non-hydrogen) atoms. The molecule has 0 saturated heterocycles. The number of hydrogen-bond acceptors (Lipinski definition) is 4. The number of aromatic nitrogens is 4. The molecule has 0 radical (unpaired) electrons. The van der Waals surface area contributed by atoms with Crippen LogP contribution in [0.4, 0.5) is 0 Å². The van der Waals surface area contributed by atoms with Crippen LogP contribution in [-0.2, 0) is 17.9 Å². The molecule has 0 fully saturated rings. The molecule has 1 N–H and O–H groups in total. The molecule has 2 rings (SSSR count). The topological polar surface area (TPSA) is 72.9 Å². The summed E-state index contributed by atoms with van der Waals surface area (Å²) in [6.07, 6.45) is 7.31. The summed E-state index contributed by atoms with van der Waals surface area (Å²) in [4.78, 5) is 14.7. The number of nitrogens with zero attached hydrogens (tertiary/aromatic N) is 4. The molecule has 2 heterocycles. The predicted octanol–water partition coefficient (Wildman–Crippen LogP) is 1.26. The van der Waals surface area contributed by atoms with Crippen LogP contribution in [-0.4, -0.2) is 36.2 Å². The maximum Gasteiger partial charge on any atom is 0.313 e. The molecule has 0 unspecified atom stereocenters. The second kappa shape index (κ2) is 5.72. The molecule has 0 bridgehead atoms. The van der Waals surface area contributed by atoms with E-state index in [-0.39, 0.29) is 5.75 Å². The monoisotopic (exact) mass is 266 g/mol. The number of aryl methyl sites for hydroxylation is 3. The lowest BCUT2D eigenvalue weighted by Crippen LogP contribution is -2.09. The quantitative estimate of drug-likeness (QED) is 0.797. The molecule has 7 heteroatoms. The number of imidazole rings is 1. The average Bonchev–Trinajstić information content (AvgIpc) is 2.92. The first kappa shape index (κ1) is 12.7. The Kier molecular flexibility index (Phi) is 4.03. The second-order valence-corrected chi connectivity index (χ2v) is 4.81. The molecule has 0 spiro atoms. The molecular formula is C11H14N4O2S. The van der Waals surface area contributed by atoms with E-state index in [1.807, 2.05) is 34.8 Å². The van der Waals surface area contributed by atoms with Gasteiger partial charge in [-0.3, -0.25) is 9.48 Å². The van der Waals surface area contributed by atoms with Gasteiger partial charge in [-0.05, 0) is 12.5 Å². The van der Waals surface area contributed by atoms with E-state index in [4.69, 9.17) is 5.11 Å². The molecule has 2 aromatic rings. The van der Waals surface area contributed by atoms with Gasteiger partial charge < -0.3 is 9.67 Å². The van der Waals surface area contributed by atoms with Gasteiger partial charge in [0.15, 0.2) is 5.16 Å². The zero-order valence-electron chi connectivity index (χ0n) is 9.98. The molecule has 0 aliphatic carbocycles. The lowest BCUT2D eigenvalue weighted by molar-refractivity contribution is -0.133. The third-order valence-corrected chi connectivity index (χ3v) is 3.32. The van der Waals surface area contributed by atoms with Crippen molar-refractivity contribution in [3.63, 3.8) is 0 Å². The number of hydrogen-bond donors (Lipinski definition) is 1. The Morgan fingerprint density at radius 1 is 1.50 bits per heavy atom. The van der Waals surface area contributed by atoms with E-state index in [0.29, 0.717) is 0 Å². The van der Waals surface area contributed by atoms with Gasteiger partial charge in [0, 0.05) is 25.1 Å². The zero-order valence-corrected chi connectivity index (χ0v) is 10.8. The third kappa shape index (κ3) is 3.36. The van der Waals surface area contributed by atoms with Gasteiger partial charge in [0.1, 0.15) is 0 Å². The minimum Gasteiger partial charge on any atom is -0.481 e. The van der Waals surface area contributed by atoms with Gasteiger partial charge in [0.25, 0.3) is 0 Å². The Labute approximate surface area is 109 Å². The first-order valence-corrected chi connectivity index (χ1v) is 6.48. The number of aliphatic carboxylic acids is 1. The van der Waals surface area contributed by atoms with Crippen molar-refractivity contribution in [2.45, 2.75) is 25.2 Å². The van der Waals surface area contributed by atoms with Gasteiger partial charge in [0.2, 0.25) is 0 Å². The number of carboxylic acid groups (broad SMARTS) is 1. The highest BCUT2D eigenvalue weighted by Crippen LogP contribution is 2.15. The summed E-state index contributed by atoms with van der Waals surface area (Å²) in [6.45, 7) is 3.46. The molecule has 6 nitrogen and oxygen atoms in total. The smallest absolute Gasteiger partial charge is 0.313 e. The second-order valence-electron chi connectivity index (χ2n) is 3.87. The molecule has 0 aliphatic heterocycles. The molecule has 0 aromatic carbocycles. The van der Waals surface area contributed by atoms with E-state index >= 15 is 0 Å². The summed E-state index contributed by atoms with van der Waals surface area (Å²) >= 11 is 1.22. The van der Waals surface area contributed by atoms with E-state index in [0.717, 1.165) is 23.8 Å². The van der Waals surface area contributed by atoms with Crippen LogP contribution >= 0.6 is 11.8 Å².